The van der Waals surface area contributed by atoms with E-state index in [1.54, 1.807) is 7.05 Å². The van der Waals surface area contributed by atoms with Crippen LogP contribution >= 0.6 is 23.1 Å². The first-order valence-corrected chi connectivity index (χ1v) is 9.77. The summed E-state index contributed by atoms with van der Waals surface area (Å²) in [5, 5.41) is 14.4. The lowest BCUT2D eigenvalue weighted by Crippen LogP contribution is -2.36. The number of nitrogens with zero attached hydrogens (tertiary/aromatic N) is 3. The Balaban J connectivity index is 1.54. The number of ether oxygens (including phenoxy) is 1. The molecule has 2 aromatic rings. The molecule has 1 fully saturated rings. The van der Waals surface area contributed by atoms with E-state index in [0.717, 1.165) is 47.1 Å². The normalized spacial score (nSPS) is 15.7. The summed E-state index contributed by atoms with van der Waals surface area (Å²) in [5.74, 6) is -0.0506. The molecule has 25 heavy (non-hydrogen) atoms. The molecule has 0 unspecified atom stereocenters. The third-order valence-corrected chi connectivity index (χ3v) is 5.90. The average molecular weight is 380 g/mol. The van der Waals surface area contributed by atoms with Crippen LogP contribution in [0.15, 0.2) is 28.6 Å². The summed E-state index contributed by atoms with van der Waals surface area (Å²) < 4.78 is 6.14. The van der Waals surface area contributed by atoms with Gasteiger partial charge in [-0.3, -0.25) is 4.79 Å². The Hall–Kier alpha value is -1.84. The summed E-state index contributed by atoms with van der Waals surface area (Å²) in [6.45, 7) is 5.18. The van der Waals surface area contributed by atoms with Crippen molar-refractivity contribution >= 4 is 45.5 Å². The fourth-order valence-corrected chi connectivity index (χ4v) is 4.23. The van der Waals surface area contributed by atoms with Crippen molar-refractivity contribution in [3.8, 4) is 0 Å². The number of thioether (sulfide) groups is 1. The van der Waals surface area contributed by atoms with E-state index in [2.05, 4.69) is 25.7 Å². The Morgan fingerprint density at radius 2 is 2.00 bits per heavy atom. The molecular weight excluding hydrogens is 358 g/mol. The molecule has 0 spiro atoms. The number of morpholine rings is 1. The summed E-state index contributed by atoms with van der Waals surface area (Å²) in [6.07, 6.45) is 0. The second kappa shape index (κ2) is 8.50. The number of benzene rings is 1. The van der Waals surface area contributed by atoms with Crippen LogP contribution in [0.3, 0.4) is 0 Å². The molecule has 1 atom stereocenters. The highest BCUT2D eigenvalue weighted by atomic mass is 32.2. The monoisotopic (exact) mass is 379 g/mol. The van der Waals surface area contributed by atoms with Crippen LogP contribution < -0.4 is 15.5 Å². The third kappa shape index (κ3) is 4.83. The minimum Gasteiger partial charge on any atom is -0.378 e. The van der Waals surface area contributed by atoms with Crippen molar-refractivity contribution in [2.24, 2.45) is 0 Å². The van der Waals surface area contributed by atoms with Crippen molar-refractivity contribution in [3.63, 3.8) is 0 Å². The largest absolute Gasteiger partial charge is 0.378 e. The van der Waals surface area contributed by atoms with Crippen LogP contribution in [0.4, 0.5) is 16.5 Å². The first-order valence-electron chi connectivity index (χ1n) is 8.07. The van der Waals surface area contributed by atoms with Crippen LogP contribution in [0.2, 0.25) is 0 Å². The van der Waals surface area contributed by atoms with E-state index in [4.69, 9.17) is 4.74 Å². The minimum absolute atomic E-state index is 0.0506. The molecule has 0 radical (unpaired) electrons. The SMILES string of the molecule is CNc1nnc(S[C@@H](C)C(=O)Nc2ccc(N3CCOCC3)cc2)s1. The van der Waals surface area contributed by atoms with E-state index in [9.17, 15) is 4.79 Å². The van der Waals surface area contributed by atoms with Crippen LogP contribution in [-0.4, -0.2) is 54.7 Å². The molecule has 7 nitrogen and oxygen atoms in total. The third-order valence-electron chi connectivity index (χ3n) is 3.78. The lowest BCUT2D eigenvalue weighted by molar-refractivity contribution is -0.115. The Labute approximate surface area is 155 Å². The maximum absolute atomic E-state index is 12.4. The van der Waals surface area contributed by atoms with Gasteiger partial charge in [0.25, 0.3) is 0 Å². The first-order chi connectivity index (χ1) is 12.2. The van der Waals surface area contributed by atoms with Crippen LogP contribution in [0.5, 0.6) is 0 Å². The van der Waals surface area contributed by atoms with E-state index < -0.39 is 0 Å². The van der Waals surface area contributed by atoms with Gasteiger partial charge in [-0.1, -0.05) is 23.1 Å². The van der Waals surface area contributed by atoms with Crippen molar-refractivity contribution < 1.29 is 9.53 Å². The van der Waals surface area contributed by atoms with Gasteiger partial charge in [-0.05, 0) is 31.2 Å². The van der Waals surface area contributed by atoms with Crippen molar-refractivity contribution in [3.05, 3.63) is 24.3 Å². The molecule has 2 heterocycles. The van der Waals surface area contributed by atoms with Crippen molar-refractivity contribution in [1.82, 2.24) is 10.2 Å². The van der Waals surface area contributed by atoms with Crippen LogP contribution in [0.25, 0.3) is 0 Å². The fraction of sp³-hybridized carbons (Fsp3) is 0.438. The highest BCUT2D eigenvalue weighted by Gasteiger charge is 2.17. The van der Waals surface area contributed by atoms with Gasteiger partial charge < -0.3 is 20.3 Å². The summed E-state index contributed by atoms with van der Waals surface area (Å²) in [7, 11) is 1.80. The maximum atomic E-state index is 12.4. The van der Waals surface area contributed by atoms with E-state index in [0.29, 0.717) is 0 Å². The summed E-state index contributed by atoms with van der Waals surface area (Å²) in [4.78, 5) is 14.6. The lowest BCUT2D eigenvalue weighted by Gasteiger charge is -2.28. The molecule has 1 aliphatic heterocycles. The van der Waals surface area contributed by atoms with E-state index in [-0.39, 0.29) is 11.2 Å². The molecular formula is C16H21N5O2S2. The number of aromatic nitrogens is 2. The van der Waals surface area contributed by atoms with Crippen molar-refractivity contribution in [1.29, 1.82) is 0 Å². The van der Waals surface area contributed by atoms with Crippen molar-refractivity contribution in [2.45, 2.75) is 16.5 Å². The Kier molecular flexibility index (Phi) is 6.11. The zero-order valence-corrected chi connectivity index (χ0v) is 15.8. The maximum Gasteiger partial charge on any atom is 0.237 e. The smallest absolute Gasteiger partial charge is 0.237 e. The van der Waals surface area contributed by atoms with Gasteiger partial charge >= 0.3 is 0 Å². The highest BCUT2D eigenvalue weighted by molar-refractivity contribution is 8.02. The number of anilines is 3. The van der Waals surface area contributed by atoms with Gasteiger partial charge in [0, 0.05) is 31.5 Å². The number of amides is 1. The lowest BCUT2D eigenvalue weighted by atomic mass is 10.2. The predicted octanol–water partition coefficient (Wildman–Crippen LogP) is 2.54. The van der Waals surface area contributed by atoms with Crippen molar-refractivity contribution in [2.75, 3.05) is 48.9 Å². The Bertz CT molecular complexity index is 701. The van der Waals surface area contributed by atoms with Gasteiger partial charge in [0.2, 0.25) is 11.0 Å². The number of hydrogen-bond acceptors (Lipinski definition) is 8. The zero-order chi connectivity index (χ0) is 17.6. The van der Waals surface area contributed by atoms with Crippen LogP contribution in [-0.2, 0) is 9.53 Å². The Morgan fingerprint density at radius 1 is 1.28 bits per heavy atom. The number of hydrogen-bond donors (Lipinski definition) is 2. The molecule has 2 N–H and O–H groups in total. The number of nitrogens with one attached hydrogen (secondary N) is 2. The van der Waals surface area contributed by atoms with Gasteiger partial charge in [0.05, 0.1) is 18.5 Å². The molecule has 0 aliphatic carbocycles. The molecule has 1 aliphatic rings. The highest BCUT2D eigenvalue weighted by Crippen LogP contribution is 2.29. The second-order valence-corrected chi connectivity index (χ2v) is 8.08. The molecule has 1 saturated heterocycles. The average Bonchev–Trinajstić information content (AvgIpc) is 3.10. The summed E-state index contributed by atoms with van der Waals surface area (Å²) in [5.41, 5.74) is 1.94. The summed E-state index contributed by atoms with van der Waals surface area (Å²) in [6, 6.07) is 7.93. The quantitative estimate of drug-likeness (QED) is 0.747. The molecule has 1 aromatic heterocycles. The van der Waals surface area contributed by atoms with Gasteiger partial charge in [0.15, 0.2) is 4.34 Å². The topological polar surface area (TPSA) is 79.4 Å². The molecule has 0 saturated carbocycles. The predicted molar refractivity (Wildman–Crippen MR) is 103 cm³/mol. The van der Waals surface area contributed by atoms with Crippen LogP contribution in [0.1, 0.15) is 6.92 Å². The summed E-state index contributed by atoms with van der Waals surface area (Å²) >= 11 is 2.84. The zero-order valence-electron chi connectivity index (χ0n) is 14.2. The molecule has 0 bridgehead atoms. The van der Waals surface area contributed by atoms with Gasteiger partial charge in [0.1, 0.15) is 0 Å². The van der Waals surface area contributed by atoms with Gasteiger partial charge in [-0.15, -0.1) is 10.2 Å². The molecule has 134 valence electrons. The minimum atomic E-state index is -0.253. The molecule has 3 rings (SSSR count). The fourth-order valence-electron chi connectivity index (χ4n) is 2.38. The number of carbonyl (C=O) groups excluding carboxylic acids is 1. The van der Waals surface area contributed by atoms with Crippen LogP contribution in [0, 0.1) is 0 Å². The Morgan fingerprint density at radius 3 is 2.64 bits per heavy atom. The number of rotatable bonds is 6. The number of carbonyl (C=O) groups is 1. The van der Waals surface area contributed by atoms with Gasteiger partial charge in [-0.2, -0.15) is 0 Å². The van der Waals surface area contributed by atoms with E-state index in [1.165, 1.54) is 23.1 Å². The molecule has 1 aromatic carbocycles. The van der Waals surface area contributed by atoms with Gasteiger partial charge in [-0.25, -0.2) is 0 Å². The van der Waals surface area contributed by atoms with E-state index in [1.807, 2.05) is 31.2 Å². The first kappa shape index (κ1) is 18.0. The standard InChI is InChI=1S/C16H21N5O2S2/c1-11(24-16-20-19-15(17-2)25-16)14(22)18-12-3-5-13(6-4-12)21-7-9-23-10-8-21/h3-6,11H,7-10H2,1-2H3,(H,17,19)(H,18,22)/t11-/m0/s1. The molecule has 1 amide bonds. The molecule has 9 heteroatoms. The second-order valence-electron chi connectivity index (χ2n) is 5.52. The van der Waals surface area contributed by atoms with E-state index >= 15 is 0 Å².